The zero-order valence-electron chi connectivity index (χ0n) is 12.1. The maximum atomic E-state index is 12.4. The highest BCUT2D eigenvalue weighted by Gasteiger charge is 2.23. The van der Waals surface area contributed by atoms with Crippen LogP contribution >= 0.6 is 23.2 Å². The highest BCUT2D eigenvalue weighted by atomic mass is 35.5. The number of likely N-dealkylation sites (N-methyl/N-ethyl adjacent to an activating group) is 1. The molecule has 0 fully saturated rings. The predicted molar refractivity (Wildman–Crippen MR) is 86.8 cm³/mol. The molecule has 1 heterocycles. The summed E-state index contributed by atoms with van der Waals surface area (Å²) in [6.07, 6.45) is 1.55. The van der Waals surface area contributed by atoms with Crippen molar-refractivity contribution in [3.63, 3.8) is 0 Å². The molecule has 120 valence electrons. The van der Waals surface area contributed by atoms with Crippen molar-refractivity contribution in [3.8, 4) is 0 Å². The summed E-state index contributed by atoms with van der Waals surface area (Å²) >= 11 is 11.8. The second-order valence-electron chi connectivity index (χ2n) is 4.92. The van der Waals surface area contributed by atoms with Gasteiger partial charge in [-0.15, -0.1) is 0 Å². The van der Waals surface area contributed by atoms with Crippen LogP contribution in [0.5, 0.6) is 0 Å². The largest absolute Gasteiger partial charge is 0.468 e. The Morgan fingerprint density at radius 2 is 2.00 bits per heavy atom. The van der Waals surface area contributed by atoms with Gasteiger partial charge in [-0.2, -0.15) is 0 Å². The van der Waals surface area contributed by atoms with Gasteiger partial charge in [0.2, 0.25) is 10.0 Å². The molecule has 1 unspecified atom stereocenters. The Labute approximate surface area is 139 Å². The van der Waals surface area contributed by atoms with E-state index in [0.717, 1.165) is 0 Å². The molecule has 0 aliphatic rings. The Hall–Kier alpha value is -1.05. The number of nitrogens with one attached hydrogen (secondary N) is 1. The van der Waals surface area contributed by atoms with Gasteiger partial charge in [-0.05, 0) is 44.4 Å². The molecule has 8 heteroatoms. The summed E-state index contributed by atoms with van der Waals surface area (Å²) in [5.41, 5.74) is 0. The van der Waals surface area contributed by atoms with E-state index in [1.807, 2.05) is 19.0 Å². The molecule has 0 aliphatic heterocycles. The molecule has 1 atom stereocenters. The van der Waals surface area contributed by atoms with Crippen LogP contribution in [0, 0.1) is 0 Å². The highest BCUT2D eigenvalue weighted by Crippen LogP contribution is 2.25. The van der Waals surface area contributed by atoms with E-state index >= 15 is 0 Å². The quantitative estimate of drug-likeness (QED) is 0.856. The van der Waals surface area contributed by atoms with E-state index in [1.54, 1.807) is 18.4 Å². The summed E-state index contributed by atoms with van der Waals surface area (Å²) in [5.74, 6) is 0.671. The minimum absolute atomic E-state index is 0.0429. The topological polar surface area (TPSA) is 62.6 Å². The van der Waals surface area contributed by atoms with Crippen LogP contribution < -0.4 is 4.72 Å². The maximum Gasteiger partial charge on any atom is 0.242 e. The predicted octanol–water partition coefficient (Wildman–Crippen LogP) is 3.17. The summed E-state index contributed by atoms with van der Waals surface area (Å²) in [6.45, 7) is 0.145. The molecular formula is C14H16Cl2N2O3S. The summed E-state index contributed by atoms with van der Waals surface area (Å²) in [4.78, 5) is 1.82. The molecule has 0 saturated carbocycles. The second kappa shape index (κ2) is 7.02. The Morgan fingerprint density at radius 1 is 1.27 bits per heavy atom. The van der Waals surface area contributed by atoms with Crippen molar-refractivity contribution in [2.75, 3.05) is 20.6 Å². The van der Waals surface area contributed by atoms with Crippen molar-refractivity contribution < 1.29 is 12.8 Å². The molecule has 1 aromatic carbocycles. The first-order chi connectivity index (χ1) is 10.3. The molecule has 0 bridgehead atoms. The zero-order chi connectivity index (χ0) is 16.3. The van der Waals surface area contributed by atoms with Gasteiger partial charge in [0.25, 0.3) is 0 Å². The summed E-state index contributed by atoms with van der Waals surface area (Å²) < 4.78 is 32.7. The monoisotopic (exact) mass is 362 g/mol. The average Bonchev–Trinajstić information content (AvgIpc) is 2.95. The molecule has 2 aromatic rings. The summed E-state index contributed by atoms with van der Waals surface area (Å²) in [5, 5.41) is 0.427. The van der Waals surface area contributed by atoms with Crippen LogP contribution in [0.1, 0.15) is 11.8 Å². The molecule has 0 saturated heterocycles. The van der Waals surface area contributed by atoms with Crippen LogP contribution in [0.15, 0.2) is 45.9 Å². The van der Waals surface area contributed by atoms with Gasteiger partial charge in [0.15, 0.2) is 0 Å². The second-order valence-corrected chi connectivity index (χ2v) is 7.50. The van der Waals surface area contributed by atoms with Gasteiger partial charge in [0.1, 0.15) is 10.7 Å². The van der Waals surface area contributed by atoms with Crippen LogP contribution in [-0.2, 0) is 10.0 Å². The number of nitrogens with zero attached hydrogens (tertiary/aromatic N) is 1. The third kappa shape index (κ3) is 4.02. The molecule has 0 aliphatic carbocycles. The first kappa shape index (κ1) is 17.3. The number of sulfonamides is 1. The van der Waals surface area contributed by atoms with Crippen LogP contribution in [0.2, 0.25) is 10.0 Å². The van der Waals surface area contributed by atoms with Crippen molar-refractivity contribution >= 4 is 33.2 Å². The molecule has 1 N–H and O–H groups in total. The fourth-order valence-corrected chi connectivity index (χ4v) is 3.77. The van der Waals surface area contributed by atoms with Crippen molar-refractivity contribution in [1.82, 2.24) is 9.62 Å². The lowest BCUT2D eigenvalue weighted by Gasteiger charge is -2.22. The van der Waals surface area contributed by atoms with Crippen molar-refractivity contribution in [1.29, 1.82) is 0 Å². The minimum atomic E-state index is -3.77. The number of benzene rings is 1. The Bertz CT molecular complexity index is 731. The van der Waals surface area contributed by atoms with Crippen LogP contribution in [0.25, 0.3) is 0 Å². The Balaban J connectivity index is 2.20. The van der Waals surface area contributed by atoms with E-state index in [4.69, 9.17) is 27.6 Å². The Morgan fingerprint density at radius 3 is 2.59 bits per heavy atom. The van der Waals surface area contributed by atoms with Gasteiger partial charge < -0.3 is 4.42 Å². The Kier molecular flexibility index (Phi) is 5.52. The lowest BCUT2D eigenvalue weighted by Crippen LogP contribution is -2.34. The SMILES string of the molecule is CN(C)C(CNS(=O)(=O)c1cc(Cl)ccc1Cl)c1ccco1. The fourth-order valence-electron chi connectivity index (χ4n) is 1.97. The lowest BCUT2D eigenvalue weighted by molar-refractivity contribution is 0.259. The van der Waals surface area contributed by atoms with Gasteiger partial charge in [0, 0.05) is 11.6 Å². The van der Waals surface area contributed by atoms with E-state index in [2.05, 4.69) is 4.72 Å². The highest BCUT2D eigenvalue weighted by molar-refractivity contribution is 7.89. The molecule has 0 spiro atoms. The van der Waals surface area contributed by atoms with Gasteiger partial charge >= 0.3 is 0 Å². The zero-order valence-corrected chi connectivity index (χ0v) is 14.4. The van der Waals surface area contributed by atoms with Crippen LogP contribution in [0.3, 0.4) is 0 Å². The van der Waals surface area contributed by atoms with E-state index in [-0.39, 0.29) is 22.5 Å². The standard InChI is InChI=1S/C14H16Cl2N2O3S/c1-18(2)12(13-4-3-7-21-13)9-17-22(19,20)14-8-10(15)5-6-11(14)16/h3-8,12,17H,9H2,1-2H3. The van der Waals surface area contributed by atoms with Crippen molar-refractivity contribution in [2.45, 2.75) is 10.9 Å². The first-order valence-electron chi connectivity index (χ1n) is 6.46. The maximum absolute atomic E-state index is 12.4. The molecular weight excluding hydrogens is 347 g/mol. The molecule has 5 nitrogen and oxygen atoms in total. The van der Waals surface area contributed by atoms with Gasteiger partial charge in [0.05, 0.1) is 17.3 Å². The molecule has 2 rings (SSSR count). The molecule has 0 amide bonds. The summed E-state index contributed by atoms with van der Waals surface area (Å²) in [7, 11) is -0.0856. The molecule has 1 aromatic heterocycles. The average molecular weight is 363 g/mol. The number of furan rings is 1. The van der Waals surface area contributed by atoms with E-state index < -0.39 is 10.0 Å². The number of halogens is 2. The van der Waals surface area contributed by atoms with E-state index in [0.29, 0.717) is 10.8 Å². The third-order valence-electron chi connectivity index (χ3n) is 3.14. The van der Waals surface area contributed by atoms with Crippen molar-refractivity contribution in [3.05, 3.63) is 52.4 Å². The lowest BCUT2D eigenvalue weighted by atomic mass is 10.2. The van der Waals surface area contributed by atoms with Gasteiger partial charge in [-0.3, -0.25) is 4.90 Å². The van der Waals surface area contributed by atoms with E-state index in [9.17, 15) is 8.42 Å². The smallest absolute Gasteiger partial charge is 0.242 e. The van der Waals surface area contributed by atoms with Gasteiger partial charge in [-0.1, -0.05) is 23.2 Å². The first-order valence-corrected chi connectivity index (χ1v) is 8.69. The summed E-state index contributed by atoms with van der Waals surface area (Å²) in [6, 6.07) is 7.63. The van der Waals surface area contributed by atoms with E-state index in [1.165, 1.54) is 18.2 Å². The number of hydrogen-bond acceptors (Lipinski definition) is 4. The van der Waals surface area contributed by atoms with Crippen molar-refractivity contribution in [2.24, 2.45) is 0 Å². The van der Waals surface area contributed by atoms with Crippen LogP contribution in [-0.4, -0.2) is 34.0 Å². The fraction of sp³-hybridized carbons (Fsp3) is 0.286. The van der Waals surface area contributed by atoms with Crippen LogP contribution in [0.4, 0.5) is 0 Å². The minimum Gasteiger partial charge on any atom is -0.468 e. The molecule has 0 radical (unpaired) electrons. The number of hydrogen-bond donors (Lipinski definition) is 1. The normalized spacial score (nSPS) is 13.5. The third-order valence-corrected chi connectivity index (χ3v) is 5.28. The van der Waals surface area contributed by atoms with Gasteiger partial charge in [-0.25, -0.2) is 13.1 Å². The number of rotatable bonds is 6. The molecule has 22 heavy (non-hydrogen) atoms.